The fraction of sp³-hybridized carbons (Fsp3) is 0.0909. The third-order valence-electron chi connectivity index (χ3n) is 4.50. The highest BCUT2D eigenvalue weighted by atomic mass is 19.4. The average Bonchev–Trinajstić information content (AvgIpc) is 3.17. The van der Waals surface area contributed by atoms with Crippen LogP contribution < -0.4 is 10.1 Å². The van der Waals surface area contributed by atoms with Gasteiger partial charge in [0.15, 0.2) is 0 Å². The van der Waals surface area contributed by atoms with Crippen molar-refractivity contribution in [1.82, 2.24) is 9.97 Å². The number of fused-ring (bicyclic) bond motifs is 1. The van der Waals surface area contributed by atoms with Crippen molar-refractivity contribution in [3.05, 3.63) is 89.9 Å². The van der Waals surface area contributed by atoms with E-state index in [1.165, 1.54) is 18.3 Å². The van der Waals surface area contributed by atoms with Gasteiger partial charge in [0, 0.05) is 29.8 Å². The minimum Gasteiger partial charge on any atom is -0.488 e. The van der Waals surface area contributed by atoms with Crippen LogP contribution in [0.3, 0.4) is 0 Å². The number of ether oxygens (including phenoxy) is 1. The minimum absolute atomic E-state index is 0.0550. The molecule has 0 saturated heterocycles. The van der Waals surface area contributed by atoms with Gasteiger partial charge in [-0.2, -0.15) is 13.2 Å². The average molecular weight is 411 g/mol. The van der Waals surface area contributed by atoms with Crippen LogP contribution in [0.15, 0.2) is 73.2 Å². The predicted molar refractivity (Wildman–Crippen MR) is 106 cm³/mol. The van der Waals surface area contributed by atoms with E-state index in [0.717, 1.165) is 17.7 Å². The smallest absolute Gasteiger partial charge is 0.416 e. The maximum absolute atomic E-state index is 12.9. The first-order chi connectivity index (χ1) is 14.4. The van der Waals surface area contributed by atoms with Crippen LogP contribution in [-0.2, 0) is 12.8 Å². The molecular formula is C22H16F3N3O2. The van der Waals surface area contributed by atoms with Crippen LogP contribution in [0.25, 0.3) is 10.9 Å². The summed E-state index contributed by atoms with van der Waals surface area (Å²) >= 11 is 0. The van der Waals surface area contributed by atoms with E-state index in [-0.39, 0.29) is 17.9 Å². The molecule has 2 heterocycles. The highest BCUT2D eigenvalue weighted by Gasteiger charge is 2.30. The molecule has 0 spiro atoms. The molecule has 2 aromatic carbocycles. The SMILES string of the molecule is O=C(Nc1cccc(C(F)(F)F)c1)c1c[nH]c2cccc(OCc3ccncc3)c12. The molecule has 5 nitrogen and oxygen atoms in total. The Bertz CT molecular complexity index is 1190. The number of hydrogen-bond donors (Lipinski definition) is 2. The number of rotatable bonds is 5. The van der Waals surface area contributed by atoms with Crippen LogP contribution in [-0.4, -0.2) is 15.9 Å². The summed E-state index contributed by atoms with van der Waals surface area (Å²) in [5, 5.41) is 3.08. The monoisotopic (exact) mass is 411 g/mol. The third kappa shape index (κ3) is 4.12. The molecule has 0 bridgehead atoms. The first-order valence-corrected chi connectivity index (χ1v) is 9.02. The number of nitrogens with one attached hydrogen (secondary N) is 2. The minimum atomic E-state index is -4.49. The topological polar surface area (TPSA) is 67.0 Å². The Balaban J connectivity index is 1.60. The van der Waals surface area contributed by atoms with Gasteiger partial charge in [-0.1, -0.05) is 12.1 Å². The van der Waals surface area contributed by atoms with Gasteiger partial charge in [-0.25, -0.2) is 0 Å². The van der Waals surface area contributed by atoms with Gasteiger partial charge in [-0.15, -0.1) is 0 Å². The summed E-state index contributed by atoms with van der Waals surface area (Å²) in [5.74, 6) is -0.0553. The number of alkyl halides is 3. The van der Waals surface area contributed by atoms with E-state index in [2.05, 4.69) is 15.3 Å². The molecule has 2 aromatic heterocycles. The lowest BCUT2D eigenvalue weighted by atomic mass is 10.1. The van der Waals surface area contributed by atoms with E-state index in [1.54, 1.807) is 30.6 Å². The molecule has 30 heavy (non-hydrogen) atoms. The van der Waals surface area contributed by atoms with Crippen molar-refractivity contribution in [3.8, 4) is 5.75 Å². The first kappa shape index (κ1) is 19.5. The Morgan fingerprint density at radius 1 is 1.07 bits per heavy atom. The molecule has 0 fully saturated rings. The molecule has 0 aliphatic rings. The number of carbonyl (C=O) groups excluding carboxylic acids is 1. The summed E-state index contributed by atoms with van der Waals surface area (Å²) in [6.07, 6.45) is 0.329. The number of carbonyl (C=O) groups is 1. The van der Waals surface area contributed by atoms with Gasteiger partial charge in [0.2, 0.25) is 0 Å². The molecule has 152 valence electrons. The molecule has 0 aliphatic heterocycles. The first-order valence-electron chi connectivity index (χ1n) is 9.02. The van der Waals surface area contributed by atoms with E-state index in [9.17, 15) is 18.0 Å². The van der Waals surface area contributed by atoms with Crippen molar-refractivity contribution in [3.63, 3.8) is 0 Å². The number of benzene rings is 2. The van der Waals surface area contributed by atoms with Gasteiger partial charge in [-0.05, 0) is 48.0 Å². The quantitative estimate of drug-likeness (QED) is 0.461. The number of amides is 1. The van der Waals surface area contributed by atoms with Gasteiger partial charge >= 0.3 is 6.18 Å². The lowest BCUT2D eigenvalue weighted by molar-refractivity contribution is -0.137. The van der Waals surface area contributed by atoms with Crippen molar-refractivity contribution in [1.29, 1.82) is 0 Å². The zero-order valence-electron chi connectivity index (χ0n) is 15.5. The number of nitrogens with zero attached hydrogens (tertiary/aromatic N) is 1. The summed E-state index contributed by atoms with van der Waals surface area (Å²) in [6, 6.07) is 13.4. The number of aromatic nitrogens is 2. The van der Waals surface area contributed by atoms with Crippen molar-refractivity contribution in [2.75, 3.05) is 5.32 Å². The molecule has 0 atom stereocenters. The molecule has 2 N–H and O–H groups in total. The van der Waals surface area contributed by atoms with Crippen molar-refractivity contribution in [2.45, 2.75) is 12.8 Å². The van der Waals surface area contributed by atoms with E-state index < -0.39 is 17.6 Å². The van der Waals surface area contributed by atoms with Crippen molar-refractivity contribution >= 4 is 22.5 Å². The second kappa shape index (κ2) is 7.90. The fourth-order valence-corrected chi connectivity index (χ4v) is 3.06. The number of anilines is 1. The highest BCUT2D eigenvalue weighted by Crippen LogP contribution is 2.32. The fourth-order valence-electron chi connectivity index (χ4n) is 3.06. The van der Waals surface area contributed by atoms with Crippen LogP contribution in [0.1, 0.15) is 21.5 Å². The molecule has 0 unspecified atom stereocenters. The highest BCUT2D eigenvalue weighted by molar-refractivity contribution is 6.14. The number of pyridine rings is 1. The Morgan fingerprint density at radius 3 is 2.60 bits per heavy atom. The third-order valence-corrected chi connectivity index (χ3v) is 4.50. The summed E-state index contributed by atoms with van der Waals surface area (Å²) < 4.78 is 44.7. The molecule has 4 aromatic rings. The van der Waals surface area contributed by atoms with Crippen molar-refractivity contribution < 1.29 is 22.7 Å². The molecule has 0 saturated carbocycles. The van der Waals surface area contributed by atoms with Crippen LogP contribution >= 0.6 is 0 Å². The van der Waals surface area contributed by atoms with E-state index >= 15 is 0 Å². The number of halogens is 3. The maximum Gasteiger partial charge on any atom is 0.416 e. The lowest BCUT2D eigenvalue weighted by Gasteiger charge is -2.11. The normalized spacial score (nSPS) is 11.4. The number of hydrogen-bond acceptors (Lipinski definition) is 3. The van der Waals surface area contributed by atoms with Crippen molar-refractivity contribution in [2.24, 2.45) is 0 Å². The lowest BCUT2D eigenvalue weighted by Crippen LogP contribution is -2.13. The Morgan fingerprint density at radius 2 is 1.83 bits per heavy atom. The van der Waals surface area contributed by atoms with E-state index in [0.29, 0.717) is 16.7 Å². The van der Waals surface area contributed by atoms with Gasteiger partial charge in [-0.3, -0.25) is 9.78 Å². The van der Waals surface area contributed by atoms with Gasteiger partial charge in [0.1, 0.15) is 12.4 Å². The number of aromatic amines is 1. The summed E-state index contributed by atoms with van der Waals surface area (Å²) in [4.78, 5) is 19.8. The largest absolute Gasteiger partial charge is 0.488 e. The molecule has 0 aliphatic carbocycles. The van der Waals surface area contributed by atoms with Crippen LogP contribution in [0.2, 0.25) is 0 Å². The Kier molecular flexibility index (Phi) is 5.14. The van der Waals surface area contributed by atoms with E-state index in [1.807, 2.05) is 12.1 Å². The van der Waals surface area contributed by atoms with Crippen LogP contribution in [0, 0.1) is 0 Å². The predicted octanol–water partition coefficient (Wildman–Crippen LogP) is 5.41. The zero-order chi connectivity index (χ0) is 21.1. The molecule has 0 radical (unpaired) electrons. The maximum atomic E-state index is 12.9. The zero-order valence-corrected chi connectivity index (χ0v) is 15.5. The summed E-state index contributed by atoms with van der Waals surface area (Å²) in [7, 11) is 0. The Labute approximate surface area is 169 Å². The van der Waals surface area contributed by atoms with Crippen LogP contribution in [0.5, 0.6) is 5.75 Å². The Hall–Kier alpha value is -3.81. The summed E-state index contributed by atoms with van der Waals surface area (Å²) in [6.45, 7) is 0.279. The molecule has 1 amide bonds. The van der Waals surface area contributed by atoms with Crippen LogP contribution in [0.4, 0.5) is 18.9 Å². The molecule has 4 rings (SSSR count). The standard InChI is InChI=1S/C22H16F3N3O2/c23-22(24,25)15-3-1-4-16(11-15)28-21(29)17-12-27-18-5-2-6-19(20(17)18)30-13-14-7-9-26-10-8-14/h1-12,27H,13H2,(H,28,29). The molecule has 8 heteroatoms. The van der Waals surface area contributed by atoms with Gasteiger partial charge < -0.3 is 15.0 Å². The second-order valence-corrected chi connectivity index (χ2v) is 6.56. The molecular weight excluding hydrogens is 395 g/mol. The summed E-state index contributed by atoms with van der Waals surface area (Å²) in [5.41, 5.74) is 1.08. The van der Waals surface area contributed by atoms with Gasteiger partial charge in [0.25, 0.3) is 5.91 Å². The van der Waals surface area contributed by atoms with E-state index in [4.69, 9.17) is 4.74 Å². The van der Waals surface area contributed by atoms with Gasteiger partial charge in [0.05, 0.1) is 16.5 Å². The number of H-pyrrole nitrogens is 1. The second-order valence-electron chi connectivity index (χ2n) is 6.56.